The summed E-state index contributed by atoms with van der Waals surface area (Å²) >= 11 is 0. The van der Waals surface area contributed by atoms with Gasteiger partial charge in [-0.05, 0) is 24.3 Å². The number of ether oxygens (including phenoxy) is 2. The lowest BCUT2D eigenvalue weighted by Crippen LogP contribution is -2.21. The number of hydrogen-bond donors (Lipinski definition) is 2. The van der Waals surface area contributed by atoms with Gasteiger partial charge in [-0.2, -0.15) is 13.2 Å². The van der Waals surface area contributed by atoms with Gasteiger partial charge in [-0.1, -0.05) is 0 Å². The summed E-state index contributed by atoms with van der Waals surface area (Å²) in [5.74, 6) is -0.467. The van der Waals surface area contributed by atoms with E-state index in [2.05, 4.69) is 15.0 Å². The topological polar surface area (TPSA) is 97.3 Å². The quantitative estimate of drug-likeness (QED) is 0.735. The molecule has 0 fully saturated rings. The molecule has 2 aromatic heterocycles. The Bertz CT molecular complexity index is 892. The van der Waals surface area contributed by atoms with Gasteiger partial charge >= 0.3 is 12.1 Å². The average molecular weight is 369 g/mol. The van der Waals surface area contributed by atoms with Crippen molar-refractivity contribution in [3.05, 3.63) is 36.5 Å². The third-order valence-corrected chi connectivity index (χ3v) is 3.15. The normalized spacial score (nSPS) is 10.8. The van der Waals surface area contributed by atoms with Crippen LogP contribution in [0.15, 0.2) is 36.5 Å². The molecule has 3 aromatic rings. The van der Waals surface area contributed by atoms with Crippen LogP contribution in [-0.2, 0) is 4.79 Å². The standard InChI is InChI=1S/C14H13N3O2.C2HF3O2/c1-18-10-5-3-9(4-6-10)13-16-12-7-11(19-2)8-15-14(12)17-13;3-2(4,5)1(6)7/h3-8H,1-2H3,(H,15,16,17);(H,6,7). The van der Waals surface area contributed by atoms with E-state index in [4.69, 9.17) is 19.4 Å². The number of aromatic amines is 1. The van der Waals surface area contributed by atoms with Gasteiger partial charge in [0, 0.05) is 11.6 Å². The second kappa shape index (κ2) is 7.72. The van der Waals surface area contributed by atoms with E-state index in [1.54, 1.807) is 20.4 Å². The van der Waals surface area contributed by atoms with Crippen LogP contribution < -0.4 is 9.47 Å². The molecule has 0 atom stereocenters. The van der Waals surface area contributed by atoms with Crippen LogP contribution in [0.5, 0.6) is 11.5 Å². The molecule has 1 aromatic carbocycles. The smallest absolute Gasteiger partial charge is 0.490 e. The maximum Gasteiger partial charge on any atom is 0.490 e. The molecular weight excluding hydrogens is 355 g/mol. The van der Waals surface area contributed by atoms with E-state index >= 15 is 0 Å². The number of benzene rings is 1. The Hall–Kier alpha value is -3.30. The van der Waals surface area contributed by atoms with Gasteiger partial charge in [0.2, 0.25) is 0 Å². The Labute approximate surface area is 145 Å². The molecule has 0 bridgehead atoms. The molecule has 0 saturated carbocycles. The first kappa shape index (κ1) is 19.0. The highest BCUT2D eigenvalue weighted by Crippen LogP contribution is 2.23. The van der Waals surface area contributed by atoms with Crippen LogP contribution in [0.4, 0.5) is 13.2 Å². The number of carbonyl (C=O) groups is 1. The average Bonchev–Trinajstić information content (AvgIpc) is 3.04. The maximum absolute atomic E-state index is 10.6. The zero-order valence-corrected chi connectivity index (χ0v) is 13.7. The van der Waals surface area contributed by atoms with E-state index in [-0.39, 0.29) is 0 Å². The summed E-state index contributed by atoms with van der Waals surface area (Å²) in [6.45, 7) is 0. The van der Waals surface area contributed by atoms with Crippen LogP contribution in [0.3, 0.4) is 0 Å². The van der Waals surface area contributed by atoms with E-state index in [9.17, 15) is 13.2 Å². The fourth-order valence-electron chi connectivity index (χ4n) is 1.87. The number of rotatable bonds is 3. The molecule has 0 radical (unpaired) electrons. The Morgan fingerprint density at radius 3 is 2.19 bits per heavy atom. The predicted octanol–water partition coefficient (Wildman–Crippen LogP) is 3.28. The number of alkyl halides is 3. The van der Waals surface area contributed by atoms with Crippen molar-refractivity contribution in [2.45, 2.75) is 6.18 Å². The zero-order valence-electron chi connectivity index (χ0n) is 13.7. The molecular formula is C16H14F3N3O4. The number of halogens is 3. The number of pyridine rings is 1. The van der Waals surface area contributed by atoms with Crippen molar-refractivity contribution in [3.63, 3.8) is 0 Å². The highest BCUT2D eigenvalue weighted by atomic mass is 19.4. The second-order valence-electron chi connectivity index (χ2n) is 4.86. The molecule has 3 rings (SSSR count). The van der Waals surface area contributed by atoms with Crippen molar-refractivity contribution in [3.8, 4) is 22.9 Å². The number of aromatic nitrogens is 3. The number of imidazole rings is 1. The molecule has 7 nitrogen and oxygen atoms in total. The van der Waals surface area contributed by atoms with Gasteiger partial charge in [0.1, 0.15) is 22.8 Å². The van der Waals surface area contributed by atoms with Crippen LogP contribution in [0.2, 0.25) is 0 Å². The first-order valence-electron chi connectivity index (χ1n) is 7.09. The maximum atomic E-state index is 10.6. The zero-order chi connectivity index (χ0) is 19.3. The fraction of sp³-hybridized carbons (Fsp3) is 0.188. The van der Waals surface area contributed by atoms with Crippen molar-refractivity contribution in [1.29, 1.82) is 0 Å². The third kappa shape index (κ3) is 4.62. The number of H-pyrrole nitrogens is 1. The van der Waals surface area contributed by atoms with Crippen molar-refractivity contribution in [2.75, 3.05) is 14.2 Å². The minimum absolute atomic E-state index is 0.695. The van der Waals surface area contributed by atoms with Gasteiger partial charge in [-0.15, -0.1) is 0 Å². The first-order valence-corrected chi connectivity index (χ1v) is 7.09. The lowest BCUT2D eigenvalue weighted by molar-refractivity contribution is -0.192. The molecule has 26 heavy (non-hydrogen) atoms. The van der Waals surface area contributed by atoms with Crippen molar-refractivity contribution in [1.82, 2.24) is 15.0 Å². The molecule has 0 amide bonds. The number of hydrogen-bond acceptors (Lipinski definition) is 5. The van der Waals surface area contributed by atoms with Crippen LogP contribution >= 0.6 is 0 Å². The van der Waals surface area contributed by atoms with Crippen molar-refractivity contribution >= 4 is 17.1 Å². The number of fused-ring (bicyclic) bond motifs is 1. The Morgan fingerprint density at radius 2 is 1.69 bits per heavy atom. The van der Waals surface area contributed by atoms with Crippen LogP contribution in [-0.4, -0.2) is 46.4 Å². The Balaban J connectivity index is 0.000000298. The summed E-state index contributed by atoms with van der Waals surface area (Å²) < 4.78 is 42.0. The summed E-state index contributed by atoms with van der Waals surface area (Å²) in [4.78, 5) is 20.9. The number of carboxylic acids is 1. The summed E-state index contributed by atoms with van der Waals surface area (Å²) in [7, 11) is 3.26. The van der Waals surface area contributed by atoms with Gasteiger partial charge in [0.25, 0.3) is 0 Å². The predicted molar refractivity (Wildman–Crippen MR) is 86.1 cm³/mol. The van der Waals surface area contributed by atoms with Gasteiger partial charge in [0.05, 0.1) is 20.4 Å². The SMILES string of the molecule is COc1ccc(-c2nc3cc(OC)cnc3[nH]2)cc1.O=C(O)C(F)(F)F. The molecule has 0 unspecified atom stereocenters. The molecule has 0 aliphatic rings. The van der Waals surface area contributed by atoms with Gasteiger partial charge in [-0.25, -0.2) is 14.8 Å². The largest absolute Gasteiger partial charge is 0.497 e. The highest BCUT2D eigenvalue weighted by Gasteiger charge is 2.38. The van der Waals surface area contributed by atoms with Gasteiger partial charge in [-0.3, -0.25) is 0 Å². The number of aliphatic carboxylic acids is 1. The monoisotopic (exact) mass is 369 g/mol. The van der Waals surface area contributed by atoms with E-state index < -0.39 is 12.1 Å². The molecule has 0 aliphatic carbocycles. The summed E-state index contributed by atoms with van der Waals surface area (Å²) in [6.07, 6.45) is -3.42. The Morgan fingerprint density at radius 1 is 1.12 bits per heavy atom. The number of methoxy groups -OCH3 is 2. The minimum atomic E-state index is -5.08. The molecule has 0 aliphatic heterocycles. The second-order valence-corrected chi connectivity index (χ2v) is 4.86. The lowest BCUT2D eigenvalue weighted by Gasteiger charge is -2.00. The lowest BCUT2D eigenvalue weighted by atomic mass is 10.2. The van der Waals surface area contributed by atoms with E-state index in [0.29, 0.717) is 5.75 Å². The number of nitrogens with one attached hydrogen (secondary N) is 1. The highest BCUT2D eigenvalue weighted by molar-refractivity contribution is 5.77. The molecule has 138 valence electrons. The van der Waals surface area contributed by atoms with Gasteiger partial charge < -0.3 is 19.6 Å². The molecule has 10 heteroatoms. The van der Waals surface area contributed by atoms with Crippen LogP contribution in [0.25, 0.3) is 22.6 Å². The number of carboxylic acid groups (broad SMARTS) is 1. The first-order chi connectivity index (χ1) is 12.2. The van der Waals surface area contributed by atoms with E-state index in [1.807, 2.05) is 30.3 Å². The van der Waals surface area contributed by atoms with Crippen molar-refractivity contribution in [2.24, 2.45) is 0 Å². The summed E-state index contributed by atoms with van der Waals surface area (Å²) in [5, 5.41) is 7.12. The fourth-order valence-corrected chi connectivity index (χ4v) is 1.87. The molecule has 0 saturated heterocycles. The van der Waals surface area contributed by atoms with E-state index in [1.165, 1.54) is 0 Å². The molecule has 0 spiro atoms. The minimum Gasteiger partial charge on any atom is -0.497 e. The summed E-state index contributed by atoms with van der Waals surface area (Å²) in [5.41, 5.74) is 2.51. The molecule has 2 N–H and O–H groups in total. The Kier molecular flexibility index (Phi) is 5.65. The van der Waals surface area contributed by atoms with Crippen LogP contribution in [0.1, 0.15) is 0 Å². The van der Waals surface area contributed by atoms with Crippen molar-refractivity contribution < 1.29 is 32.5 Å². The molecule has 2 heterocycles. The van der Waals surface area contributed by atoms with E-state index in [0.717, 1.165) is 28.3 Å². The summed E-state index contributed by atoms with van der Waals surface area (Å²) in [6, 6.07) is 9.56. The third-order valence-electron chi connectivity index (χ3n) is 3.15. The van der Waals surface area contributed by atoms with Gasteiger partial charge in [0.15, 0.2) is 5.65 Å². The number of nitrogens with zero attached hydrogens (tertiary/aromatic N) is 2. The van der Waals surface area contributed by atoms with Crippen LogP contribution in [0, 0.1) is 0 Å².